The molecule has 0 saturated carbocycles. The summed E-state index contributed by atoms with van der Waals surface area (Å²) in [5.41, 5.74) is 3.28. The quantitative estimate of drug-likeness (QED) is 0.471. The van der Waals surface area contributed by atoms with Crippen LogP contribution in [-0.2, 0) is 16.1 Å². The minimum absolute atomic E-state index is 0.231. The van der Waals surface area contributed by atoms with Gasteiger partial charge in [-0.1, -0.05) is 12.1 Å². The summed E-state index contributed by atoms with van der Waals surface area (Å²) in [7, 11) is -2.26. The Kier molecular flexibility index (Phi) is 7.04. The lowest BCUT2D eigenvalue weighted by atomic mass is 10.1. The topological polar surface area (TPSA) is 126 Å². The van der Waals surface area contributed by atoms with Crippen molar-refractivity contribution in [2.24, 2.45) is 4.36 Å². The zero-order valence-electron chi connectivity index (χ0n) is 18.7. The molecule has 0 aliphatic rings. The number of nitrogens with one attached hydrogen (secondary N) is 2. The first-order chi connectivity index (χ1) is 15.2. The Morgan fingerprint density at radius 1 is 1.19 bits per heavy atom. The molecule has 0 unspecified atom stereocenters. The summed E-state index contributed by atoms with van der Waals surface area (Å²) in [6, 6.07) is 8.95. The van der Waals surface area contributed by atoms with Gasteiger partial charge in [0, 0.05) is 46.3 Å². The predicted molar refractivity (Wildman–Crippen MR) is 127 cm³/mol. The molecule has 0 amide bonds. The van der Waals surface area contributed by atoms with Crippen molar-refractivity contribution >= 4 is 37.8 Å². The number of aryl methyl sites for hydroxylation is 3. The molecule has 4 rings (SSSR count). The van der Waals surface area contributed by atoms with Gasteiger partial charge in [0.15, 0.2) is 0 Å². The second-order valence-electron chi connectivity index (χ2n) is 7.48. The summed E-state index contributed by atoms with van der Waals surface area (Å²) in [4.78, 5) is 23.0. The Labute approximate surface area is 186 Å². The second kappa shape index (κ2) is 9.73. The maximum absolute atomic E-state index is 11.9. The third-order valence-corrected chi connectivity index (χ3v) is 4.99. The minimum atomic E-state index is -2.26. The molecule has 4 aromatic rings. The molecule has 3 heterocycles. The monoisotopic (exact) mass is 454 g/mol. The van der Waals surface area contributed by atoms with E-state index in [9.17, 15) is 9.00 Å². The third-order valence-electron chi connectivity index (χ3n) is 4.34. The fourth-order valence-corrected chi connectivity index (χ4v) is 3.62. The first kappa shape index (κ1) is 23.1. The van der Waals surface area contributed by atoms with Gasteiger partial charge < -0.3 is 14.8 Å². The van der Waals surface area contributed by atoms with Crippen LogP contribution in [0.3, 0.4) is 0 Å². The molecule has 32 heavy (non-hydrogen) atoms. The van der Waals surface area contributed by atoms with Crippen LogP contribution in [0.25, 0.3) is 10.9 Å². The van der Waals surface area contributed by atoms with Crippen molar-refractivity contribution in [3.63, 3.8) is 0 Å². The molecule has 0 bridgehead atoms. The van der Waals surface area contributed by atoms with E-state index in [1.54, 1.807) is 36.9 Å². The van der Waals surface area contributed by atoms with Crippen LogP contribution in [0.2, 0.25) is 0 Å². The Balaban J connectivity index is 0.000000305. The highest BCUT2D eigenvalue weighted by molar-refractivity contribution is 7.92. The average Bonchev–Trinajstić information content (AvgIpc) is 3.14. The molecule has 3 aromatic heterocycles. The number of aromatic amines is 1. The van der Waals surface area contributed by atoms with Crippen molar-refractivity contribution in [2.75, 3.05) is 17.8 Å². The Hall–Kier alpha value is -3.53. The summed E-state index contributed by atoms with van der Waals surface area (Å²) < 4.78 is 21.0. The molecule has 10 heteroatoms. The fraction of sp³-hybridized carbons (Fsp3) is 0.273. The number of hydrogen-bond donors (Lipinski definition) is 2. The summed E-state index contributed by atoms with van der Waals surface area (Å²) in [5.74, 6) is 1.50. The first-order valence-electron chi connectivity index (χ1n) is 9.95. The number of anilines is 2. The minimum Gasteiger partial charge on any atom is -0.361 e. The number of hydrogen-bond acceptors (Lipinski definition) is 8. The van der Waals surface area contributed by atoms with E-state index < -0.39 is 9.73 Å². The van der Waals surface area contributed by atoms with E-state index in [1.165, 1.54) is 6.33 Å². The van der Waals surface area contributed by atoms with Gasteiger partial charge in [-0.25, -0.2) is 14.2 Å². The molecule has 0 saturated heterocycles. The van der Waals surface area contributed by atoms with Crippen molar-refractivity contribution in [1.82, 2.24) is 20.1 Å². The van der Waals surface area contributed by atoms with Gasteiger partial charge in [-0.3, -0.25) is 4.79 Å². The molecule has 2 N–H and O–H groups in total. The molecule has 0 aliphatic carbocycles. The summed E-state index contributed by atoms with van der Waals surface area (Å²) in [6.45, 7) is 5.86. The highest BCUT2D eigenvalue weighted by atomic mass is 32.2. The third kappa shape index (κ3) is 6.01. The lowest BCUT2D eigenvalue weighted by Crippen LogP contribution is -2.11. The van der Waals surface area contributed by atoms with Crippen LogP contribution < -0.4 is 10.9 Å². The normalized spacial score (nSPS) is 11.0. The summed E-state index contributed by atoms with van der Waals surface area (Å²) in [5, 5.41) is 7.54. The van der Waals surface area contributed by atoms with Crippen LogP contribution in [-0.4, -0.2) is 36.8 Å². The van der Waals surface area contributed by atoms with Gasteiger partial charge in [0.2, 0.25) is 0 Å². The Morgan fingerprint density at radius 3 is 2.56 bits per heavy atom. The van der Waals surface area contributed by atoms with Crippen molar-refractivity contribution in [3.05, 3.63) is 70.2 Å². The number of aromatic nitrogens is 4. The molecular formula is C22H26N6O3S. The first-order valence-corrected chi connectivity index (χ1v) is 12.3. The molecule has 168 valence electrons. The molecular weight excluding hydrogens is 428 g/mol. The maximum atomic E-state index is 11.9. The van der Waals surface area contributed by atoms with E-state index in [-0.39, 0.29) is 5.56 Å². The molecule has 0 atom stereocenters. The van der Waals surface area contributed by atoms with E-state index in [4.69, 9.17) is 4.52 Å². The smallest absolute Gasteiger partial charge is 0.271 e. The van der Waals surface area contributed by atoms with E-state index in [2.05, 4.69) is 29.8 Å². The lowest BCUT2D eigenvalue weighted by molar-refractivity contribution is 0.383. The summed E-state index contributed by atoms with van der Waals surface area (Å²) >= 11 is 0. The van der Waals surface area contributed by atoms with Gasteiger partial charge in [0.25, 0.3) is 5.56 Å². The summed E-state index contributed by atoms with van der Waals surface area (Å²) in [6.07, 6.45) is 7.08. The molecule has 0 radical (unpaired) electrons. The SMILES string of the molecule is CCc1cc(C)no1.Cc1cc(N=S(C)(C)=O)cc2ncnc(Nc3ccc[nH]c3=O)c12. The molecule has 1 aromatic carbocycles. The zero-order chi connectivity index (χ0) is 23.3. The van der Waals surface area contributed by atoms with Gasteiger partial charge in [-0.2, -0.15) is 4.36 Å². The average molecular weight is 455 g/mol. The molecule has 0 spiro atoms. The lowest BCUT2D eigenvalue weighted by Gasteiger charge is -2.10. The number of fused-ring (bicyclic) bond motifs is 1. The number of H-pyrrole nitrogens is 1. The Bertz CT molecular complexity index is 1410. The van der Waals surface area contributed by atoms with Crippen LogP contribution in [0, 0.1) is 13.8 Å². The highest BCUT2D eigenvalue weighted by Crippen LogP contribution is 2.29. The van der Waals surface area contributed by atoms with Crippen LogP contribution in [0.4, 0.5) is 17.2 Å². The van der Waals surface area contributed by atoms with Gasteiger partial charge in [-0.15, -0.1) is 0 Å². The molecule has 9 nitrogen and oxygen atoms in total. The van der Waals surface area contributed by atoms with E-state index in [0.717, 1.165) is 28.8 Å². The van der Waals surface area contributed by atoms with Crippen LogP contribution in [0.15, 0.2) is 56.5 Å². The van der Waals surface area contributed by atoms with Crippen molar-refractivity contribution in [3.8, 4) is 0 Å². The van der Waals surface area contributed by atoms with Gasteiger partial charge in [0.05, 0.1) is 16.9 Å². The molecule has 0 fully saturated rings. The van der Waals surface area contributed by atoms with E-state index in [0.29, 0.717) is 22.7 Å². The number of nitrogens with zero attached hydrogens (tertiary/aromatic N) is 4. The van der Waals surface area contributed by atoms with Crippen LogP contribution in [0.1, 0.15) is 23.9 Å². The van der Waals surface area contributed by atoms with Gasteiger partial charge in [0.1, 0.15) is 23.6 Å². The highest BCUT2D eigenvalue weighted by Gasteiger charge is 2.10. The predicted octanol–water partition coefficient (Wildman–Crippen LogP) is 4.27. The number of rotatable bonds is 4. The second-order valence-corrected chi connectivity index (χ2v) is 10.0. The largest absolute Gasteiger partial charge is 0.361 e. The molecule has 0 aliphatic heterocycles. The standard InChI is InChI=1S/C16H17N5O2S.C6H9NO/c1-10-7-11(21-24(2,3)23)8-13-14(10)15(19-9-18-13)20-12-5-4-6-17-16(12)22;1-3-6-4-5(2)7-8-6/h4-9H,1-3H3,(H,17,22)(H,18,19,20);4H,3H2,1-2H3. The fourth-order valence-electron chi connectivity index (χ4n) is 3.00. The van der Waals surface area contributed by atoms with Gasteiger partial charge in [-0.05, 0) is 43.7 Å². The van der Waals surface area contributed by atoms with E-state index >= 15 is 0 Å². The Morgan fingerprint density at radius 2 is 1.97 bits per heavy atom. The van der Waals surface area contributed by atoms with Crippen molar-refractivity contribution in [2.45, 2.75) is 27.2 Å². The van der Waals surface area contributed by atoms with Crippen LogP contribution in [0.5, 0.6) is 0 Å². The zero-order valence-corrected chi connectivity index (χ0v) is 19.5. The number of pyridine rings is 1. The van der Waals surface area contributed by atoms with Gasteiger partial charge >= 0.3 is 0 Å². The maximum Gasteiger partial charge on any atom is 0.271 e. The van der Waals surface area contributed by atoms with Crippen molar-refractivity contribution < 1.29 is 8.73 Å². The van der Waals surface area contributed by atoms with Crippen molar-refractivity contribution in [1.29, 1.82) is 0 Å². The number of benzene rings is 1. The van der Waals surface area contributed by atoms with Crippen LogP contribution >= 0.6 is 0 Å². The van der Waals surface area contributed by atoms with E-state index in [1.807, 2.05) is 32.9 Å².